The van der Waals surface area contributed by atoms with Gasteiger partial charge in [0.05, 0.1) is 16.5 Å². The number of carboxylic acid groups (broad SMARTS) is 1. The van der Waals surface area contributed by atoms with Crippen LogP contribution in [0, 0.1) is 0 Å². The van der Waals surface area contributed by atoms with Gasteiger partial charge in [-0.2, -0.15) is 0 Å². The average Bonchev–Trinajstić information content (AvgIpc) is 2.37. The summed E-state index contributed by atoms with van der Waals surface area (Å²) >= 11 is 11.9. The van der Waals surface area contributed by atoms with Crippen LogP contribution in [0.25, 0.3) is 0 Å². The van der Waals surface area contributed by atoms with Crippen molar-refractivity contribution in [2.75, 3.05) is 37.6 Å². The van der Waals surface area contributed by atoms with Gasteiger partial charge in [0.15, 0.2) is 0 Å². The molecule has 1 aliphatic rings. The average molecular weight is 304 g/mol. The van der Waals surface area contributed by atoms with E-state index in [4.69, 9.17) is 28.3 Å². The molecule has 0 amide bonds. The summed E-state index contributed by atoms with van der Waals surface area (Å²) in [5, 5.41) is 9.73. The Hall–Kier alpha value is -1.04. The Kier molecular flexibility index (Phi) is 4.85. The molecule has 19 heavy (non-hydrogen) atoms. The summed E-state index contributed by atoms with van der Waals surface area (Å²) in [5.74, 6) is -0.0196. The number of carboxylic acids is 1. The minimum Gasteiger partial charge on any atom is -0.481 e. The molecule has 2 rings (SSSR count). The van der Waals surface area contributed by atoms with E-state index in [1.54, 1.807) is 12.3 Å². The fourth-order valence-corrected chi connectivity index (χ4v) is 2.58. The number of aliphatic carboxylic acids is 1. The number of hydrogen-bond donors (Lipinski definition) is 1. The first-order chi connectivity index (χ1) is 9.06. The molecule has 104 valence electrons. The monoisotopic (exact) mass is 303 g/mol. The molecular formula is C12H15Cl2N3O2. The summed E-state index contributed by atoms with van der Waals surface area (Å²) in [7, 11) is 0. The third kappa shape index (κ3) is 3.96. The second-order valence-corrected chi connectivity index (χ2v) is 5.28. The normalized spacial score (nSPS) is 16.6. The lowest BCUT2D eigenvalue weighted by molar-refractivity contribution is -0.137. The first-order valence-electron chi connectivity index (χ1n) is 6.06. The lowest BCUT2D eigenvalue weighted by Crippen LogP contribution is -2.47. The molecule has 1 fully saturated rings. The van der Waals surface area contributed by atoms with Gasteiger partial charge in [0.25, 0.3) is 0 Å². The number of rotatable bonds is 4. The molecule has 0 aliphatic carbocycles. The van der Waals surface area contributed by atoms with E-state index in [9.17, 15) is 4.79 Å². The Labute approximate surface area is 121 Å². The number of aromatic nitrogens is 1. The summed E-state index contributed by atoms with van der Waals surface area (Å²) in [5.41, 5.74) is 0. The number of pyridine rings is 1. The van der Waals surface area contributed by atoms with E-state index in [-0.39, 0.29) is 6.42 Å². The molecule has 0 saturated carbocycles. The van der Waals surface area contributed by atoms with Gasteiger partial charge in [0, 0.05) is 38.9 Å². The lowest BCUT2D eigenvalue weighted by atomic mass is 10.3. The largest absolute Gasteiger partial charge is 0.481 e. The smallest absolute Gasteiger partial charge is 0.304 e. The number of halogens is 2. The Morgan fingerprint density at radius 3 is 2.58 bits per heavy atom. The third-order valence-electron chi connectivity index (χ3n) is 3.10. The van der Waals surface area contributed by atoms with Crippen LogP contribution in [-0.4, -0.2) is 53.7 Å². The van der Waals surface area contributed by atoms with Gasteiger partial charge in [-0.3, -0.25) is 9.69 Å². The van der Waals surface area contributed by atoms with Gasteiger partial charge in [-0.05, 0) is 6.07 Å². The summed E-state index contributed by atoms with van der Waals surface area (Å²) in [6.07, 6.45) is 1.76. The third-order valence-corrected chi connectivity index (χ3v) is 3.59. The van der Waals surface area contributed by atoms with E-state index < -0.39 is 5.97 Å². The second-order valence-electron chi connectivity index (χ2n) is 4.43. The molecule has 0 atom stereocenters. The van der Waals surface area contributed by atoms with Crippen molar-refractivity contribution < 1.29 is 9.90 Å². The van der Waals surface area contributed by atoms with Gasteiger partial charge < -0.3 is 10.0 Å². The molecule has 0 bridgehead atoms. The van der Waals surface area contributed by atoms with Gasteiger partial charge in [-0.1, -0.05) is 23.2 Å². The fraction of sp³-hybridized carbons (Fsp3) is 0.500. The Morgan fingerprint density at radius 2 is 2.00 bits per heavy atom. The number of hydrogen-bond acceptors (Lipinski definition) is 4. The van der Waals surface area contributed by atoms with Crippen molar-refractivity contribution in [2.45, 2.75) is 6.42 Å². The number of nitrogens with zero attached hydrogens (tertiary/aromatic N) is 3. The summed E-state index contributed by atoms with van der Waals surface area (Å²) in [6.45, 7) is 3.79. The highest BCUT2D eigenvalue weighted by Crippen LogP contribution is 2.26. The molecule has 2 heterocycles. The molecular weight excluding hydrogens is 289 g/mol. The van der Waals surface area contributed by atoms with Gasteiger partial charge in [-0.25, -0.2) is 4.98 Å². The van der Waals surface area contributed by atoms with E-state index in [0.717, 1.165) is 32.0 Å². The molecule has 0 radical (unpaired) electrons. The number of piperazine rings is 1. The van der Waals surface area contributed by atoms with E-state index in [1.165, 1.54) is 0 Å². The topological polar surface area (TPSA) is 56.7 Å². The Balaban J connectivity index is 1.90. The molecule has 1 aromatic rings. The van der Waals surface area contributed by atoms with E-state index in [1.807, 2.05) is 0 Å². The van der Waals surface area contributed by atoms with Crippen LogP contribution in [0.15, 0.2) is 12.3 Å². The summed E-state index contributed by atoms with van der Waals surface area (Å²) in [6, 6.07) is 1.68. The fourth-order valence-electron chi connectivity index (χ4n) is 2.08. The van der Waals surface area contributed by atoms with Crippen LogP contribution in [0.3, 0.4) is 0 Å². The zero-order valence-electron chi connectivity index (χ0n) is 10.4. The maximum Gasteiger partial charge on any atom is 0.304 e. The number of anilines is 1. The molecule has 1 N–H and O–H groups in total. The summed E-state index contributed by atoms with van der Waals surface area (Å²) in [4.78, 5) is 19.0. The second kappa shape index (κ2) is 6.41. The lowest BCUT2D eigenvalue weighted by Gasteiger charge is -2.35. The molecule has 1 aliphatic heterocycles. The van der Waals surface area contributed by atoms with Crippen molar-refractivity contribution >= 4 is 35.0 Å². The van der Waals surface area contributed by atoms with Crippen molar-refractivity contribution in [3.05, 3.63) is 22.3 Å². The molecule has 1 aromatic heterocycles. The minimum absolute atomic E-state index is 0.181. The maximum atomic E-state index is 10.5. The SMILES string of the molecule is O=C(O)CCN1CCN(c2ncc(Cl)cc2Cl)CC1. The van der Waals surface area contributed by atoms with Crippen LogP contribution in [0.2, 0.25) is 10.0 Å². The van der Waals surface area contributed by atoms with Gasteiger partial charge in [-0.15, -0.1) is 0 Å². The highest BCUT2D eigenvalue weighted by Gasteiger charge is 2.20. The van der Waals surface area contributed by atoms with Crippen molar-refractivity contribution in [2.24, 2.45) is 0 Å². The highest BCUT2D eigenvalue weighted by atomic mass is 35.5. The van der Waals surface area contributed by atoms with E-state index in [0.29, 0.717) is 16.6 Å². The van der Waals surface area contributed by atoms with Gasteiger partial charge in [0.2, 0.25) is 0 Å². The molecule has 1 saturated heterocycles. The van der Waals surface area contributed by atoms with Crippen LogP contribution in [-0.2, 0) is 4.79 Å². The zero-order chi connectivity index (χ0) is 13.8. The summed E-state index contributed by atoms with van der Waals surface area (Å²) < 4.78 is 0. The minimum atomic E-state index is -0.759. The standard InChI is InChI=1S/C12H15Cl2N3O2/c13-9-7-10(14)12(15-8-9)17-5-3-16(4-6-17)2-1-11(18)19/h7-8H,1-6H2,(H,18,19). The van der Waals surface area contributed by atoms with Crippen LogP contribution in [0.5, 0.6) is 0 Å². The molecule has 7 heteroatoms. The Bertz CT molecular complexity index is 462. The van der Waals surface area contributed by atoms with Crippen molar-refractivity contribution in [3.63, 3.8) is 0 Å². The predicted octanol–water partition coefficient (Wildman–Crippen LogP) is 1.99. The van der Waals surface area contributed by atoms with Crippen molar-refractivity contribution in [3.8, 4) is 0 Å². The molecule has 5 nitrogen and oxygen atoms in total. The predicted molar refractivity (Wildman–Crippen MR) is 75.2 cm³/mol. The van der Waals surface area contributed by atoms with E-state index in [2.05, 4.69) is 14.8 Å². The highest BCUT2D eigenvalue weighted by molar-refractivity contribution is 6.36. The molecule has 0 aromatic carbocycles. The molecule has 0 unspecified atom stereocenters. The van der Waals surface area contributed by atoms with Crippen LogP contribution < -0.4 is 4.90 Å². The van der Waals surface area contributed by atoms with Crippen molar-refractivity contribution in [1.82, 2.24) is 9.88 Å². The number of carbonyl (C=O) groups is 1. The quantitative estimate of drug-likeness (QED) is 0.922. The van der Waals surface area contributed by atoms with Crippen LogP contribution >= 0.6 is 23.2 Å². The van der Waals surface area contributed by atoms with E-state index >= 15 is 0 Å². The zero-order valence-corrected chi connectivity index (χ0v) is 11.9. The Morgan fingerprint density at radius 1 is 1.32 bits per heavy atom. The van der Waals surface area contributed by atoms with Crippen LogP contribution in [0.4, 0.5) is 5.82 Å². The van der Waals surface area contributed by atoms with Crippen molar-refractivity contribution in [1.29, 1.82) is 0 Å². The van der Waals surface area contributed by atoms with Gasteiger partial charge in [0.1, 0.15) is 5.82 Å². The van der Waals surface area contributed by atoms with Gasteiger partial charge >= 0.3 is 5.97 Å². The first-order valence-corrected chi connectivity index (χ1v) is 6.82. The first kappa shape index (κ1) is 14.4. The molecule has 0 spiro atoms. The van der Waals surface area contributed by atoms with Crippen LogP contribution in [0.1, 0.15) is 6.42 Å². The maximum absolute atomic E-state index is 10.5.